The van der Waals surface area contributed by atoms with Crippen LogP contribution in [0.4, 0.5) is 10.3 Å². The summed E-state index contributed by atoms with van der Waals surface area (Å²) >= 11 is 0. The van der Waals surface area contributed by atoms with Crippen molar-refractivity contribution in [1.82, 2.24) is 19.4 Å². The van der Waals surface area contributed by atoms with Crippen LogP contribution < -0.4 is 5.32 Å². The van der Waals surface area contributed by atoms with Gasteiger partial charge in [-0.3, -0.25) is 0 Å². The molecule has 0 saturated carbocycles. The molecular formula is C22H28FN5. The molecule has 3 heterocycles. The molecule has 0 saturated heterocycles. The maximum absolute atomic E-state index is 14.6. The van der Waals surface area contributed by atoms with Crippen LogP contribution in [0.3, 0.4) is 0 Å². The normalized spacial score (nSPS) is 12.6. The zero-order valence-electron chi connectivity index (χ0n) is 17.5. The standard InChI is InChI=1S/C22H28FN5/c1-7-16-10-24-20-19(23)9-15(12-28(16)20)17(8-2)18-11-25-21(27-14(18)3)26-13-22(4,5)6/h8-12H,7,13H2,1-6H3,(H,25,26,27)/b17-8-. The molecule has 0 bridgehead atoms. The first-order chi connectivity index (χ1) is 13.2. The SMILES string of the molecule is C/C=C(/c1cc(F)c2ncc(CC)n2c1)c1cnc(NCC(C)(C)C)nc1C. The van der Waals surface area contributed by atoms with E-state index in [9.17, 15) is 4.39 Å². The van der Waals surface area contributed by atoms with E-state index < -0.39 is 0 Å². The molecule has 0 atom stereocenters. The number of hydrogen-bond acceptors (Lipinski definition) is 4. The van der Waals surface area contributed by atoms with Gasteiger partial charge in [-0.05, 0) is 37.3 Å². The summed E-state index contributed by atoms with van der Waals surface area (Å²) in [6.07, 6.45) is 8.22. The van der Waals surface area contributed by atoms with Gasteiger partial charge in [-0.1, -0.05) is 33.8 Å². The van der Waals surface area contributed by atoms with Crippen LogP contribution in [0.15, 0.2) is 30.7 Å². The fraction of sp³-hybridized carbons (Fsp3) is 0.409. The van der Waals surface area contributed by atoms with Crippen molar-refractivity contribution in [3.63, 3.8) is 0 Å². The zero-order chi connectivity index (χ0) is 20.5. The van der Waals surface area contributed by atoms with Crippen molar-refractivity contribution in [3.05, 3.63) is 59.1 Å². The maximum Gasteiger partial charge on any atom is 0.222 e. The number of aromatic nitrogens is 4. The zero-order valence-corrected chi connectivity index (χ0v) is 17.5. The molecule has 0 aliphatic heterocycles. The van der Waals surface area contributed by atoms with Crippen molar-refractivity contribution in [1.29, 1.82) is 0 Å². The molecule has 0 aromatic carbocycles. The molecule has 0 aliphatic rings. The van der Waals surface area contributed by atoms with Crippen molar-refractivity contribution in [2.75, 3.05) is 11.9 Å². The van der Waals surface area contributed by atoms with E-state index in [2.05, 4.69) is 41.0 Å². The van der Waals surface area contributed by atoms with Crippen molar-refractivity contribution in [3.8, 4) is 0 Å². The summed E-state index contributed by atoms with van der Waals surface area (Å²) in [6, 6.07) is 1.53. The summed E-state index contributed by atoms with van der Waals surface area (Å²) in [5.41, 5.74) is 4.88. The first kappa shape index (κ1) is 20.0. The quantitative estimate of drug-likeness (QED) is 0.672. The predicted octanol–water partition coefficient (Wildman–Crippen LogP) is 5.04. The second kappa shape index (κ2) is 7.70. The summed E-state index contributed by atoms with van der Waals surface area (Å²) in [5.74, 6) is 0.273. The number of fused-ring (bicyclic) bond motifs is 1. The molecule has 28 heavy (non-hydrogen) atoms. The molecule has 0 spiro atoms. The van der Waals surface area contributed by atoms with Crippen LogP contribution in [-0.2, 0) is 6.42 Å². The van der Waals surface area contributed by atoms with Gasteiger partial charge in [-0.2, -0.15) is 0 Å². The largest absolute Gasteiger partial charge is 0.354 e. The molecule has 3 aromatic rings. The van der Waals surface area contributed by atoms with Crippen molar-refractivity contribution in [2.24, 2.45) is 5.41 Å². The highest BCUT2D eigenvalue weighted by atomic mass is 19.1. The number of nitrogens with one attached hydrogen (secondary N) is 1. The van der Waals surface area contributed by atoms with E-state index in [0.29, 0.717) is 11.6 Å². The molecule has 3 aromatic heterocycles. The summed E-state index contributed by atoms with van der Waals surface area (Å²) in [7, 11) is 0. The summed E-state index contributed by atoms with van der Waals surface area (Å²) in [5, 5.41) is 3.28. The van der Waals surface area contributed by atoms with Gasteiger partial charge in [0.2, 0.25) is 5.95 Å². The second-order valence-corrected chi connectivity index (χ2v) is 8.18. The Morgan fingerprint density at radius 3 is 2.61 bits per heavy atom. The van der Waals surface area contributed by atoms with E-state index in [-0.39, 0.29) is 11.2 Å². The Bertz CT molecular complexity index is 1030. The van der Waals surface area contributed by atoms with Crippen LogP contribution in [0, 0.1) is 18.2 Å². The van der Waals surface area contributed by atoms with Crippen LogP contribution in [-0.4, -0.2) is 25.9 Å². The van der Waals surface area contributed by atoms with E-state index >= 15 is 0 Å². The summed E-state index contributed by atoms with van der Waals surface area (Å²) in [4.78, 5) is 13.3. The van der Waals surface area contributed by atoms with E-state index in [0.717, 1.165) is 41.1 Å². The van der Waals surface area contributed by atoms with Gasteiger partial charge in [0.1, 0.15) is 0 Å². The highest BCUT2D eigenvalue weighted by Crippen LogP contribution is 2.27. The number of halogens is 1. The molecule has 148 valence electrons. The number of aryl methyl sites for hydroxylation is 2. The molecule has 6 heteroatoms. The molecule has 0 aliphatic carbocycles. The number of allylic oxidation sites excluding steroid dienone is 1. The lowest BCUT2D eigenvalue weighted by molar-refractivity contribution is 0.441. The Labute approximate surface area is 165 Å². The number of hydrogen-bond donors (Lipinski definition) is 1. The Morgan fingerprint density at radius 1 is 1.25 bits per heavy atom. The number of rotatable bonds is 5. The topological polar surface area (TPSA) is 55.1 Å². The average molecular weight is 381 g/mol. The Balaban J connectivity index is 1.99. The Morgan fingerprint density at radius 2 is 2.00 bits per heavy atom. The third-order valence-electron chi connectivity index (χ3n) is 4.65. The first-order valence-electron chi connectivity index (χ1n) is 9.63. The van der Waals surface area contributed by atoms with Gasteiger partial charge >= 0.3 is 0 Å². The van der Waals surface area contributed by atoms with Crippen molar-refractivity contribution in [2.45, 2.75) is 48.0 Å². The smallest absolute Gasteiger partial charge is 0.222 e. The number of nitrogens with zero attached hydrogens (tertiary/aromatic N) is 4. The van der Waals surface area contributed by atoms with E-state index in [1.54, 1.807) is 12.4 Å². The van der Waals surface area contributed by atoms with Crippen LogP contribution in [0.5, 0.6) is 0 Å². The highest BCUT2D eigenvalue weighted by molar-refractivity contribution is 5.80. The van der Waals surface area contributed by atoms with Gasteiger partial charge in [0.05, 0.1) is 5.69 Å². The van der Waals surface area contributed by atoms with E-state index in [4.69, 9.17) is 0 Å². The monoisotopic (exact) mass is 381 g/mol. The van der Waals surface area contributed by atoms with E-state index in [1.165, 1.54) is 6.07 Å². The first-order valence-corrected chi connectivity index (χ1v) is 9.63. The Kier molecular flexibility index (Phi) is 5.49. The molecular weight excluding hydrogens is 353 g/mol. The van der Waals surface area contributed by atoms with Crippen LogP contribution in [0.1, 0.15) is 57.1 Å². The second-order valence-electron chi connectivity index (χ2n) is 8.18. The minimum Gasteiger partial charge on any atom is -0.354 e. The number of imidazole rings is 1. The van der Waals surface area contributed by atoms with Crippen LogP contribution in [0.2, 0.25) is 0 Å². The average Bonchev–Trinajstić information content (AvgIpc) is 3.05. The molecule has 5 nitrogen and oxygen atoms in total. The number of anilines is 1. The highest BCUT2D eigenvalue weighted by Gasteiger charge is 2.16. The van der Waals surface area contributed by atoms with Crippen molar-refractivity contribution >= 4 is 17.2 Å². The fourth-order valence-corrected chi connectivity index (χ4v) is 3.14. The van der Waals surface area contributed by atoms with Crippen molar-refractivity contribution < 1.29 is 4.39 Å². The van der Waals surface area contributed by atoms with Crippen LogP contribution >= 0.6 is 0 Å². The van der Waals surface area contributed by atoms with Gasteiger partial charge in [0, 0.05) is 42.0 Å². The maximum atomic E-state index is 14.6. The lowest BCUT2D eigenvalue weighted by Crippen LogP contribution is -2.20. The lowest BCUT2D eigenvalue weighted by atomic mass is 9.97. The third kappa shape index (κ3) is 4.06. The fourth-order valence-electron chi connectivity index (χ4n) is 3.14. The molecule has 3 rings (SSSR count). The minimum atomic E-state index is -0.335. The van der Waals surface area contributed by atoms with Gasteiger partial charge < -0.3 is 9.72 Å². The summed E-state index contributed by atoms with van der Waals surface area (Å²) in [6.45, 7) is 13.2. The Hall–Kier alpha value is -2.76. The minimum absolute atomic E-state index is 0.138. The molecule has 0 unspecified atom stereocenters. The van der Waals surface area contributed by atoms with Crippen LogP contribution in [0.25, 0.3) is 11.2 Å². The van der Waals surface area contributed by atoms with Gasteiger partial charge in [-0.25, -0.2) is 19.3 Å². The third-order valence-corrected chi connectivity index (χ3v) is 4.65. The summed E-state index contributed by atoms with van der Waals surface area (Å²) < 4.78 is 16.5. The lowest BCUT2D eigenvalue weighted by Gasteiger charge is -2.19. The van der Waals surface area contributed by atoms with Gasteiger partial charge in [0.25, 0.3) is 0 Å². The molecule has 0 radical (unpaired) electrons. The number of pyridine rings is 1. The predicted molar refractivity (Wildman–Crippen MR) is 112 cm³/mol. The van der Waals surface area contributed by atoms with E-state index in [1.807, 2.05) is 37.4 Å². The van der Waals surface area contributed by atoms with Gasteiger partial charge in [0.15, 0.2) is 11.5 Å². The molecule has 0 amide bonds. The molecule has 0 fully saturated rings. The molecule has 1 N–H and O–H groups in total. The van der Waals surface area contributed by atoms with Gasteiger partial charge in [-0.15, -0.1) is 0 Å².